The van der Waals surface area contributed by atoms with E-state index in [1.54, 1.807) is 61.5 Å². The van der Waals surface area contributed by atoms with Crippen LogP contribution in [0, 0.1) is 0 Å². The van der Waals surface area contributed by atoms with Gasteiger partial charge < -0.3 is 15.8 Å². The molecule has 0 radical (unpaired) electrons. The molecule has 0 aliphatic rings. The lowest BCUT2D eigenvalue weighted by atomic mass is 10.0. The van der Waals surface area contributed by atoms with Crippen molar-refractivity contribution in [2.75, 3.05) is 6.61 Å². The third-order valence-electron chi connectivity index (χ3n) is 4.66. The van der Waals surface area contributed by atoms with Crippen molar-refractivity contribution in [2.24, 2.45) is 10.7 Å². The van der Waals surface area contributed by atoms with Crippen LogP contribution in [-0.2, 0) is 9.53 Å². The zero-order valence-corrected chi connectivity index (χ0v) is 18.6. The molecule has 33 heavy (non-hydrogen) atoms. The summed E-state index contributed by atoms with van der Waals surface area (Å²) in [6.07, 6.45) is 0. The summed E-state index contributed by atoms with van der Waals surface area (Å²) in [5.74, 6) is -1.65. The van der Waals surface area contributed by atoms with Gasteiger partial charge in [-0.15, -0.1) is 0 Å². The molecule has 0 bridgehead atoms. The molecule has 0 aliphatic carbocycles. The van der Waals surface area contributed by atoms with E-state index in [9.17, 15) is 14.4 Å². The standard InChI is InChI=1S/C25H22ClN3O4/c1-2-33-25(32)18-13-11-16(12-14-18)21(28-23(30)19-9-6-10-20(26)15-19)24(31)29-22(27)17-7-4-3-5-8-17/h3-15,21H,2H2,1H3,(H,28,30)(H2,27,29,31). The highest BCUT2D eigenvalue weighted by molar-refractivity contribution is 6.31. The normalized spacial score (nSPS) is 12.0. The quantitative estimate of drug-likeness (QED) is 0.313. The fourth-order valence-corrected chi connectivity index (χ4v) is 3.20. The number of esters is 1. The molecule has 3 N–H and O–H groups in total. The summed E-state index contributed by atoms with van der Waals surface area (Å²) < 4.78 is 4.98. The largest absolute Gasteiger partial charge is 0.462 e. The Morgan fingerprint density at radius 2 is 1.61 bits per heavy atom. The number of amides is 2. The first-order chi connectivity index (χ1) is 15.9. The van der Waals surface area contributed by atoms with Crippen LogP contribution < -0.4 is 11.1 Å². The smallest absolute Gasteiger partial charge is 0.338 e. The number of hydrogen-bond acceptors (Lipinski definition) is 4. The number of rotatable bonds is 7. The predicted molar refractivity (Wildman–Crippen MR) is 126 cm³/mol. The van der Waals surface area contributed by atoms with Gasteiger partial charge >= 0.3 is 5.97 Å². The summed E-state index contributed by atoms with van der Waals surface area (Å²) in [6, 6.07) is 20.2. The second-order valence-electron chi connectivity index (χ2n) is 6.96. The summed E-state index contributed by atoms with van der Waals surface area (Å²) in [7, 11) is 0. The number of benzene rings is 3. The monoisotopic (exact) mass is 463 g/mol. The summed E-state index contributed by atoms with van der Waals surface area (Å²) >= 11 is 5.99. The van der Waals surface area contributed by atoms with Crippen LogP contribution in [0.1, 0.15) is 44.8 Å². The molecule has 7 nitrogen and oxygen atoms in total. The Kier molecular flexibility index (Phi) is 7.94. The molecule has 1 atom stereocenters. The van der Waals surface area contributed by atoms with Gasteiger partial charge in [-0.25, -0.2) is 4.79 Å². The lowest BCUT2D eigenvalue weighted by molar-refractivity contribution is -0.119. The number of carbonyl (C=O) groups is 3. The first kappa shape index (κ1) is 23.7. The van der Waals surface area contributed by atoms with Crippen LogP contribution in [0.5, 0.6) is 0 Å². The van der Waals surface area contributed by atoms with Crippen molar-refractivity contribution < 1.29 is 19.1 Å². The average Bonchev–Trinajstić information content (AvgIpc) is 2.83. The number of nitrogens with two attached hydrogens (primary N) is 1. The highest BCUT2D eigenvalue weighted by Gasteiger charge is 2.24. The molecular weight excluding hydrogens is 442 g/mol. The molecule has 2 amide bonds. The van der Waals surface area contributed by atoms with Crippen molar-refractivity contribution >= 4 is 35.2 Å². The molecular formula is C25H22ClN3O4. The Morgan fingerprint density at radius 3 is 2.24 bits per heavy atom. The van der Waals surface area contributed by atoms with Crippen molar-refractivity contribution in [3.63, 3.8) is 0 Å². The maximum Gasteiger partial charge on any atom is 0.338 e. The summed E-state index contributed by atoms with van der Waals surface area (Å²) in [5, 5.41) is 3.07. The molecule has 0 saturated carbocycles. The lowest BCUT2D eigenvalue weighted by Gasteiger charge is -2.17. The van der Waals surface area contributed by atoms with E-state index in [1.165, 1.54) is 18.2 Å². The number of nitrogens with one attached hydrogen (secondary N) is 1. The van der Waals surface area contributed by atoms with Crippen molar-refractivity contribution in [1.82, 2.24) is 5.32 Å². The molecule has 0 aromatic heterocycles. The second kappa shape index (κ2) is 11.1. The zero-order valence-electron chi connectivity index (χ0n) is 17.8. The van der Waals surface area contributed by atoms with Gasteiger partial charge in [0.15, 0.2) is 0 Å². The van der Waals surface area contributed by atoms with E-state index in [1.807, 2.05) is 6.07 Å². The van der Waals surface area contributed by atoms with E-state index in [0.29, 0.717) is 21.7 Å². The van der Waals surface area contributed by atoms with Gasteiger partial charge in [0.25, 0.3) is 11.8 Å². The number of ether oxygens (including phenoxy) is 1. The van der Waals surface area contributed by atoms with E-state index in [4.69, 9.17) is 22.1 Å². The van der Waals surface area contributed by atoms with Gasteiger partial charge in [0.05, 0.1) is 12.2 Å². The molecule has 0 fully saturated rings. The minimum Gasteiger partial charge on any atom is -0.462 e. The second-order valence-corrected chi connectivity index (χ2v) is 7.40. The van der Waals surface area contributed by atoms with Gasteiger partial charge in [0.2, 0.25) is 0 Å². The summed E-state index contributed by atoms with van der Waals surface area (Å²) in [6.45, 7) is 1.95. The fraction of sp³-hybridized carbons (Fsp3) is 0.120. The highest BCUT2D eigenvalue weighted by Crippen LogP contribution is 2.19. The number of hydrogen-bond donors (Lipinski definition) is 2. The van der Waals surface area contributed by atoms with E-state index in [-0.39, 0.29) is 18.0 Å². The highest BCUT2D eigenvalue weighted by atomic mass is 35.5. The molecule has 8 heteroatoms. The van der Waals surface area contributed by atoms with Crippen molar-refractivity contribution in [3.8, 4) is 0 Å². The Bertz CT molecular complexity index is 1180. The van der Waals surface area contributed by atoms with E-state index in [2.05, 4.69) is 10.3 Å². The maximum atomic E-state index is 13.1. The van der Waals surface area contributed by atoms with Gasteiger partial charge in [-0.05, 0) is 42.8 Å². The van der Waals surface area contributed by atoms with Crippen LogP contribution in [0.25, 0.3) is 0 Å². The molecule has 3 rings (SSSR count). The van der Waals surface area contributed by atoms with Gasteiger partial charge in [0.1, 0.15) is 11.9 Å². The Labute approximate surface area is 196 Å². The maximum absolute atomic E-state index is 13.1. The third-order valence-corrected chi connectivity index (χ3v) is 4.90. The van der Waals surface area contributed by atoms with E-state index < -0.39 is 23.8 Å². The first-order valence-electron chi connectivity index (χ1n) is 10.2. The van der Waals surface area contributed by atoms with Gasteiger partial charge in [0, 0.05) is 16.1 Å². The molecule has 0 saturated heterocycles. The Hall–Kier alpha value is -3.97. The molecule has 1 unspecified atom stereocenters. The van der Waals surface area contributed by atoms with Gasteiger partial charge in [-0.3, -0.25) is 9.59 Å². The summed E-state index contributed by atoms with van der Waals surface area (Å²) in [4.78, 5) is 41.9. The van der Waals surface area contributed by atoms with Crippen molar-refractivity contribution in [3.05, 3.63) is 106 Å². The average molecular weight is 464 g/mol. The SMILES string of the molecule is CCOC(=O)c1ccc(C(NC(=O)c2cccc(Cl)c2)C(=O)N=C(N)c2ccccc2)cc1. The van der Waals surface area contributed by atoms with E-state index in [0.717, 1.165) is 0 Å². The molecule has 0 spiro atoms. The molecule has 0 heterocycles. The Balaban J connectivity index is 1.92. The zero-order chi connectivity index (χ0) is 23.8. The van der Waals surface area contributed by atoms with Crippen LogP contribution >= 0.6 is 11.6 Å². The van der Waals surface area contributed by atoms with Crippen molar-refractivity contribution in [2.45, 2.75) is 13.0 Å². The Morgan fingerprint density at radius 1 is 0.939 bits per heavy atom. The molecule has 3 aromatic carbocycles. The predicted octanol–water partition coefficient (Wildman–Crippen LogP) is 3.92. The fourth-order valence-electron chi connectivity index (χ4n) is 3.01. The van der Waals surface area contributed by atoms with Gasteiger partial charge in [-0.1, -0.05) is 60.1 Å². The summed E-state index contributed by atoms with van der Waals surface area (Å²) in [5.41, 5.74) is 7.61. The number of carbonyl (C=O) groups excluding carboxylic acids is 3. The van der Waals surface area contributed by atoms with Gasteiger partial charge in [-0.2, -0.15) is 4.99 Å². The molecule has 0 aliphatic heterocycles. The minimum atomic E-state index is -1.14. The van der Waals surface area contributed by atoms with E-state index >= 15 is 0 Å². The number of aliphatic imine (C=N–C) groups is 1. The topological polar surface area (TPSA) is 111 Å². The van der Waals surface area contributed by atoms with Crippen LogP contribution in [0.2, 0.25) is 5.02 Å². The van der Waals surface area contributed by atoms with Crippen LogP contribution in [0.15, 0.2) is 83.9 Å². The van der Waals surface area contributed by atoms with Crippen LogP contribution in [0.4, 0.5) is 0 Å². The number of amidine groups is 1. The molecule has 3 aromatic rings. The minimum absolute atomic E-state index is 0.0192. The molecule has 168 valence electrons. The first-order valence-corrected chi connectivity index (χ1v) is 10.5. The van der Waals surface area contributed by atoms with Crippen LogP contribution in [-0.4, -0.2) is 30.2 Å². The third kappa shape index (κ3) is 6.27. The number of halogens is 1. The van der Waals surface area contributed by atoms with Crippen molar-refractivity contribution in [1.29, 1.82) is 0 Å². The van der Waals surface area contributed by atoms with Crippen LogP contribution in [0.3, 0.4) is 0 Å². The number of nitrogens with zero attached hydrogens (tertiary/aromatic N) is 1. The lowest BCUT2D eigenvalue weighted by Crippen LogP contribution is -2.34.